The van der Waals surface area contributed by atoms with Gasteiger partial charge >= 0.3 is 0 Å². The van der Waals surface area contributed by atoms with Crippen LogP contribution in [0, 0.1) is 17.8 Å². The number of fused-ring (bicyclic) bond motifs is 1. The second-order valence-corrected chi connectivity index (χ2v) is 5.81. The average Bonchev–Trinajstić information content (AvgIpc) is 2.72. The smallest absolute Gasteiger partial charge is 0.225 e. The maximum absolute atomic E-state index is 12.3. The van der Waals surface area contributed by atoms with Crippen LogP contribution < -0.4 is 0 Å². The monoisotopic (exact) mass is 223 g/mol. The van der Waals surface area contributed by atoms with Gasteiger partial charge in [-0.3, -0.25) is 4.79 Å². The molecule has 0 spiro atoms. The van der Waals surface area contributed by atoms with Crippen LogP contribution in [0.5, 0.6) is 0 Å². The Balaban J connectivity index is 1.61. The third-order valence-corrected chi connectivity index (χ3v) is 4.77. The zero-order valence-corrected chi connectivity index (χ0v) is 10.2. The van der Waals surface area contributed by atoms with E-state index in [-0.39, 0.29) is 6.10 Å². The van der Waals surface area contributed by atoms with Crippen molar-refractivity contribution in [1.29, 1.82) is 0 Å². The van der Waals surface area contributed by atoms with Crippen LogP contribution in [0.1, 0.15) is 32.6 Å². The number of hydrogen-bond donors (Lipinski definition) is 0. The summed E-state index contributed by atoms with van der Waals surface area (Å²) in [6, 6.07) is 0.310. The molecule has 16 heavy (non-hydrogen) atoms. The minimum Gasteiger partial charge on any atom is -0.376 e. The molecule has 2 saturated carbocycles. The van der Waals surface area contributed by atoms with E-state index in [0.29, 0.717) is 17.9 Å². The van der Waals surface area contributed by atoms with E-state index in [1.165, 1.54) is 6.42 Å². The molecule has 3 fully saturated rings. The van der Waals surface area contributed by atoms with E-state index in [9.17, 15) is 4.79 Å². The number of likely N-dealkylation sites (N-methyl/N-ethyl adjacent to an activating group) is 1. The van der Waals surface area contributed by atoms with Crippen LogP contribution in [0.15, 0.2) is 0 Å². The van der Waals surface area contributed by atoms with E-state index in [4.69, 9.17) is 4.74 Å². The molecule has 0 bridgehead atoms. The summed E-state index contributed by atoms with van der Waals surface area (Å²) in [5, 5.41) is 0. The largest absolute Gasteiger partial charge is 0.376 e. The van der Waals surface area contributed by atoms with E-state index >= 15 is 0 Å². The Bertz CT molecular complexity index is 294. The molecular formula is C13H21NO2. The van der Waals surface area contributed by atoms with Crippen LogP contribution in [0.3, 0.4) is 0 Å². The van der Waals surface area contributed by atoms with Crippen LogP contribution in [-0.4, -0.2) is 36.6 Å². The van der Waals surface area contributed by atoms with E-state index in [1.807, 2.05) is 11.9 Å². The highest BCUT2D eigenvalue weighted by Gasteiger charge is 2.49. The van der Waals surface area contributed by atoms with Gasteiger partial charge in [0.1, 0.15) is 0 Å². The average molecular weight is 223 g/mol. The van der Waals surface area contributed by atoms with Gasteiger partial charge in [-0.1, -0.05) is 0 Å². The van der Waals surface area contributed by atoms with Crippen LogP contribution >= 0.6 is 0 Å². The molecule has 0 aromatic heterocycles. The maximum Gasteiger partial charge on any atom is 0.225 e. The second kappa shape index (κ2) is 3.73. The number of rotatable bonds is 2. The lowest BCUT2D eigenvalue weighted by atomic mass is 10.00. The summed E-state index contributed by atoms with van der Waals surface area (Å²) in [5.41, 5.74) is 0. The van der Waals surface area contributed by atoms with Crippen molar-refractivity contribution in [2.75, 3.05) is 13.7 Å². The molecule has 3 aliphatic rings. The molecule has 0 radical (unpaired) electrons. The summed E-state index contributed by atoms with van der Waals surface area (Å²) in [6.07, 6.45) is 4.90. The predicted molar refractivity (Wildman–Crippen MR) is 60.9 cm³/mol. The topological polar surface area (TPSA) is 29.5 Å². The highest BCUT2D eigenvalue weighted by atomic mass is 16.5. The number of hydrogen-bond acceptors (Lipinski definition) is 2. The maximum atomic E-state index is 12.3. The van der Waals surface area contributed by atoms with Crippen LogP contribution in [0.25, 0.3) is 0 Å². The molecule has 0 aromatic rings. The van der Waals surface area contributed by atoms with Crippen LogP contribution in [0.4, 0.5) is 0 Å². The normalized spacial score (nSPS) is 45.5. The zero-order valence-electron chi connectivity index (χ0n) is 10.2. The summed E-state index contributed by atoms with van der Waals surface area (Å²) in [5.74, 6) is 2.47. The summed E-state index contributed by atoms with van der Waals surface area (Å²) in [6.45, 7) is 2.88. The van der Waals surface area contributed by atoms with Gasteiger partial charge in [-0.05, 0) is 44.4 Å². The Morgan fingerprint density at radius 1 is 1.25 bits per heavy atom. The van der Waals surface area contributed by atoms with E-state index in [2.05, 4.69) is 6.92 Å². The van der Waals surface area contributed by atoms with Gasteiger partial charge in [-0.2, -0.15) is 0 Å². The van der Waals surface area contributed by atoms with E-state index in [1.54, 1.807) is 0 Å². The molecule has 1 aliphatic heterocycles. The molecule has 1 heterocycles. The van der Waals surface area contributed by atoms with Gasteiger partial charge in [0.15, 0.2) is 0 Å². The summed E-state index contributed by atoms with van der Waals surface area (Å²) >= 11 is 0. The Morgan fingerprint density at radius 2 is 1.94 bits per heavy atom. The Kier molecular flexibility index (Phi) is 2.46. The van der Waals surface area contributed by atoms with Gasteiger partial charge in [0.25, 0.3) is 0 Å². The number of carbonyl (C=O) groups is 1. The third-order valence-electron chi connectivity index (χ3n) is 4.77. The number of nitrogens with zero attached hydrogens (tertiary/aromatic N) is 1. The second-order valence-electron chi connectivity index (χ2n) is 5.81. The van der Waals surface area contributed by atoms with Crippen molar-refractivity contribution in [3.8, 4) is 0 Å². The molecule has 3 heteroatoms. The molecule has 90 valence electrons. The van der Waals surface area contributed by atoms with Crippen molar-refractivity contribution < 1.29 is 9.53 Å². The quantitative estimate of drug-likeness (QED) is 0.712. The number of carbonyl (C=O) groups excluding carboxylic acids is 1. The van der Waals surface area contributed by atoms with Crippen molar-refractivity contribution >= 4 is 5.91 Å². The molecular weight excluding hydrogens is 202 g/mol. The number of amides is 1. The van der Waals surface area contributed by atoms with Gasteiger partial charge < -0.3 is 9.64 Å². The van der Waals surface area contributed by atoms with Gasteiger partial charge in [0, 0.05) is 19.6 Å². The molecule has 4 atom stereocenters. The molecule has 3 rings (SSSR count). The first kappa shape index (κ1) is 10.6. The van der Waals surface area contributed by atoms with Crippen molar-refractivity contribution in [3.63, 3.8) is 0 Å². The van der Waals surface area contributed by atoms with Crippen molar-refractivity contribution in [2.24, 2.45) is 17.8 Å². The lowest BCUT2D eigenvalue weighted by molar-refractivity contribution is -0.137. The van der Waals surface area contributed by atoms with Crippen molar-refractivity contribution in [1.82, 2.24) is 4.90 Å². The van der Waals surface area contributed by atoms with Gasteiger partial charge in [0.2, 0.25) is 5.91 Å². The molecule has 3 nitrogen and oxygen atoms in total. The lowest BCUT2D eigenvalue weighted by Gasteiger charge is -2.29. The molecule has 0 aromatic carbocycles. The third kappa shape index (κ3) is 1.65. The molecule has 2 aliphatic carbocycles. The highest BCUT2D eigenvalue weighted by molar-refractivity contribution is 5.79. The van der Waals surface area contributed by atoms with Crippen molar-refractivity contribution in [3.05, 3.63) is 0 Å². The zero-order chi connectivity index (χ0) is 11.3. The fourth-order valence-electron chi connectivity index (χ4n) is 3.60. The summed E-state index contributed by atoms with van der Waals surface area (Å²) in [4.78, 5) is 14.3. The molecule has 1 saturated heterocycles. The fourth-order valence-corrected chi connectivity index (χ4v) is 3.60. The van der Waals surface area contributed by atoms with E-state index < -0.39 is 0 Å². The van der Waals surface area contributed by atoms with E-state index in [0.717, 1.165) is 37.7 Å². The number of ether oxygens (including phenoxy) is 1. The highest BCUT2D eigenvalue weighted by Crippen LogP contribution is 2.54. The lowest BCUT2D eigenvalue weighted by Crippen LogP contribution is -2.43. The standard InChI is InChI=1S/C13H21NO2/c1-8-12(3-4-16-8)14(2)13(15)11-6-9-5-10(9)7-11/h8-12H,3-7H2,1-2H3. The molecule has 0 N–H and O–H groups in total. The first-order chi connectivity index (χ1) is 7.66. The predicted octanol–water partition coefficient (Wildman–Crippen LogP) is 1.67. The molecule has 1 amide bonds. The first-order valence-corrected chi connectivity index (χ1v) is 6.55. The Morgan fingerprint density at radius 3 is 2.50 bits per heavy atom. The van der Waals surface area contributed by atoms with Crippen LogP contribution in [-0.2, 0) is 9.53 Å². The minimum atomic E-state index is 0.213. The Labute approximate surface area is 97.1 Å². The fraction of sp³-hybridized carbons (Fsp3) is 0.923. The SMILES string of the molecule is CC1OCCC1N(C)C(=O)C1CC2CC2C1. The van der Waals surface area contributed by atoms with Gasteiger partial charge in [-0.15, -0.1) is 0 Å². The van der Waals surface area contributed by atoms with Gasteiger partial charge in [0.05, 0.1) is 12.1 Å². The summed E-state index contributed by atoms with van der Waals surface area (Å²) < 4.78 is 5.54. The Hall–Kier alpha value is -0.570. The van der Waals surface area contributed by atoms with Crippen molar-refractivity contribution in [2.45, 2.75) is 44.8 Å². The summed E-state index contributed by atoms with van der Waals surface area (Å²) in [7, 11) is 1.96. The molecule has 4 unspecified atom stereocenters. The minimum absolute atomic E-state index is 0.213. The van der Waals surface area contributed by atoms with Crippen LogP contribution in [0.2, 0.25) is 0 Å². The first-order valence-electron chi connectivity index (χ1n) is 6.55. The van der Waals surface area contributed by atoms with Gasteiger partial charge in [-0.25, -0.2) is 0 Å².